The molecule has 8 atom stereocenters. The Morgan fingerprint density at radius 3 is 0.629 bits per heavy atom. The third-order valence-corrected chi connectivity index (χ3v) is 19.0. The summed E-state index contributed by atoms with van der Waals surface area (Å²) in [6.07, 6.45) is 42.2. The van der Waals surface area contributed by atoms with Crippen molar-refractivity contribution in [3.05, 3.63) is 214 Å². The number of fused-ring (bicyclic) bond motifs is 8. The molecule has 0 N–H and O–H groups in total. The minimum atomic E-state index is 0.0695. The maximum Gasteiger partial charge on any atom is 0.00297 e. The van der Waals surface area contributed by atoms with Crippen molar-refractivity contribution in [3.8, 4) is 0 Å². The second kappa shape index (κ2) is 12.3. The van der Waals surface area contributed by atoms with Crippen molar-refractivity contribution < 1.29 is 0 Å². The van der Waals surface area contributed by atoms with Crippen molar-refractivity contribution in [3.63, 3.8) is 0 Å². The van der Waals surface area contributed by atoms with Crippen LogP contribution in [-0.4, -0.2) is 0 Å². The lowest BCUT2D eigenvalue weighted by atomic mass is 9.32. The van der Waals surface area contributed by atoms with E-state index in [9.17, 15) is 0 Å². The Hall–Kier alpha value is -5.20. The molecule has 0 radical (unpaired) electrons. The molecule has 62 heavy (non-hydrogen) atoms. The number of rotatable bonds is 8. The van der Waals surface area contributed by atoms with Crippen LogP contribution in [0.3, 0.4) is 0 Å². The van der Waals surface area contributed by atoms with Crippen LogP contribution in [0.1, 0.15) is 109 Å². The summed E-state index contributed by atoms with van der Waals surface area (Å²) in [6.45, 7) is 0. The van der Waals surface area contributed by atoms with Gasteiger partial charge < -0.3 is 0 Å². The molecule has 8 unspecified atom stereocenters. The highest BCUT2D eigenvalue weighted by Gasteiger charge is 2.69. The Kier molecular flexibility index (Phi) is 6.99. The van der Waals surface area contributed by atoms with E-state index in [0.717, 1.165) is 0 Å². The van der Waals surface area contributed by atoms with Crippen molar-refractivity contribution in [1.82, 2.24) is 0 Å². The predicted molar refractivity (Wildman–Crippen MR) is 255 cm³/mol. The topological polar surface area (TPSA) is 0 Å². The molecule has 0 spiro atoms. The van der Waals surface area contributed by atoms with Crippen LogP contribution in [0.15, 0.2) is 170 Å². The van der Waals surface area contributed by atoms with Crippen LogP contribution in [0.4, 0.5) is 0 Å². The van der Waals surface area contributed by atoms with Gasteiger partial charge in [-0.25, -0.2) is 0 Å². The quantitative estimate of drug-likeness (QED) is 0.156. The zero-order valence-corrected chi connectivity index (χ0v) is 35.9. The predicted octanol–water partition coefficient (Wildman–Crippen LogP) is 14.5. The zero-order valence-electron chi connectivity index (χ0n) is 35.9. The molecule has 12 aliphatic carbocycles. The zero-order chi connectivity index (χ0) is 40.4. The highest BCUT2D eigenvalue weighted by molar-refractivity contribution is 5.76. The van der Waals surface area contributed by atoms with E-state index in [1.165, 1.54) is 86.5 Å². The molecule has 4 aromatic rings. The van der Waals surface area contributed by atoms with Crippen molar-refractivity contribution in [1.29, 1.82) is 0 Å². The van der Waals surface area contributed by atoms with Gasteiger partial charge in [0.05, 0.1) is 0 Å². The molecule has 0 heteroatoms. The lowest BCUT2D eigenvalue weighted by Crippen LogP contribution is -2.67. The first-order chi connectivity index (χ1) is 30.4. The fourth-order valence-electron chi connectivity index (χ4n) is 16.9. The minimum Gasteiger partial charge on any atom is -0.0810 e. The molecule has 0 nitrogen and oxygen atoms in total. The van der Waals surface area contributed by atoms with E-state index < -0.39 is 0 Å². The van der Waals surface area contributed by atoms with Crippen molar-refractivity contribution in [2.45, 2.75) is 85.9 Å². The Bertz CT molecular complexity index is 2390. The van der Waals surface area contributed by atoms with Gasteiger partial charge in [-0.15, -0.1) is 0 Å². The number of benzene rings is 4. The summed E-state index contributed by atoms with van der Waals surface area (Å²) in [4.78, 5) is 0. The number of hydrogen-bond donors (Lipinski definition) is 0. The Labute approximate surface area is 368 Å². The van der Waals surface area contributed by atoms with E-state index in [4.69, 9.17) is 0 Å². The van der Waals surface area contributed by atoms with Gasteiger partial charge in [-0.2, -0.15) is 0 Å². The lowest BCUT2D eigenvalue weighted by Gasteiger charge is -2.71. The average molecular weight is 801 g/mol. The summed E-state index contributed by atoms with van der Waals surface area (Å²) in [7, 11) is 0. The molecule has 0 aromatic heterocycles. The Morgan fingerprint density at radius 1 is 0.258 bits per heavy atom. The smallest absolute Gasteiger partial charge is 0.00297 e. The van der Waals surface area contributed by atoms with Gasteiger partial charge in [0.15, 0.2) is 0 Å². The molecule has 12 aliphatic rings. The van der Waals surface area contributed by atoms with E-state index in [0.29, 0.717) is 47.3 Å². The molecule has 16 rings (SSSR count). The van der Waals surface area contributed by atoms with Gasteiger partial charge in [-0.05, 0) is 176 Å². The van der Waals surface area contributed by atoms with Gasteiger partial charge in [-0.3, -0.25) is 0 Å². The average Bonchev–Trinajstić information content (AvgIpc) is 4.19. The molecule has 4 aromatic carbocycles. The first kappa shape index (κ1) is 35.3. The fraction of sp³-hybridized carbons (Fsp3) is 0.355. The minimum absolute atomic E-state index is 0.0695. The maximum atomic E-state index is 2.60. The van der Waals surface area contributed by atoms with Gasteiger partial charge in [0.25, 0.3) is 0 Å². The van der Waals surface area contributed by atoms with Crippen LogP contribution in [-0.2, 0) is 21.7 Å². The molecule has 0 amide bonds. The van der Waals surface area contributed by atoms with Crippen molar-refractivity contribution in [2.24, 2.45) is 47.3 Å². The molecular formula is C62H56. The summed E-state index contributed by atoms with van der Waals surface area (Å²) in [6, 6.07) is 41.0. The van der Waals surface area contributed by atoms with E-state index in [2.05, 4.69) is 170 Å². The fourth-order valence-corrected chi connectivity index (χ4v) is 16.9. The Balaban J connectivity index is 0.883. The lowest BCUT2D eigenvalue weighted by molar-refractivity contribution is -0.0691. The van der Waals surface area contributed by atoms with Crippen LogP contribution < -0.4 is 0 Å². The molecule has 4 fully saturated rings. The van der Waals surface area contributed by atoms with Gasteiger partial charge in [0, 0.05) is 23.7 Å². The highest BCUT2D eigenvalue weighted by atomic mass is 14.7. The van der Waals surface area contributed by atoms with Crippen molar-refractivity contribution >= 4 is 22.3 Å². The van der Waals surface area contributed by atoms with E-state index >= 15 is 0 Å². The largest absolute Gasteiger partial charge is 0.0810 e. The van der Waals surface area contributed by atoms with Crippen molar-refractivity contribution in [2.75, 3.05) is 0 Å². The summed E-state index contributed by atoms with van der Waals surface area (Å²) >= 11 is 0. The molecule has 0 aliphatic heterocycles. The maximum absolute atomic E-state index is 2.60. The van der Waals surface area contributed by atoms with Crippen LogP contribution in [0.5, 0.6) is 0 Å². The summed E-state index contributed by atoms with van der Waals surface area (Å²) in [5.41, 5.74) is 18.6. The SMILES string of the molecule is C1=CC2CC1C=C2c1ccc(C23CC4(c5ccc(C6=CC7C=CC6C7)cc5)CC(c5ccc(C6=CC7C=CC6C7)cc5)(C2)CC(c2ccc(C5=CC6C=CC5C6)cc2)(C3)C4)cc1. The van der Waals surface area contributed by atoms with Gasteiger partial charge in [-0.1, -0.05) is 170 Å². The molecule has 4 saturated carbocycles. The third kappa shape index (κ3) is 4.96. The van der Waals surface area contributed by atoms with Gasteiger partial charge in [0.1, 0.15) is 0 Å². The number of allylic oxidation sites excluding steroid dienone is 16. The van der Waals surface area contributed by atoms with Crippen LogP contribution in [0.25, 0.3) is 22.3 Å². The standard InChI is InChI=1S/C62H56/c1-5-47-25-39(1)29-55(47)43-9-17-51(18-10-43)59-33-60(52-19-11-44(12-20-52)56-30-40-2-6-48(56)26-40)36-61(34-59,53-21-13-45(14-22-53)57-31-41-3-7-49(57)27-41)38-62(35-59,37-60)54-23-15-46(16-24-54)58-32-42-4-8-50(58)28-42/h1-24,29-32,39-42,47-50H,25-28,33-38H2. The molecular weight excluding hydrogens is 745 g/mol. The Morgan fingerprint density at radius 2 is 0.468 bits per heavy atom. The highest BCUT2D eigenvalue weighted by Crippen LogP contribution is 2.75. The second-order valence-electron chi connectivity index (χ2n) is 22.5. The van der Waals surface area contributed by atoms with E-state index in [1.807, 2.05) is 0 Å². The summed E-state index contributed by atoms with van der Waals surface area (Å²) in [5, 5.41) is 0. The first-order valence-electron chi connectivity index (χ1n) is 24.4. The molecule has 12 bridgehead atoms. The van der Waals surface area contributed by atoms with Crippen LogP contribution in [0, 0.1) is 47.3 Å². The normalized spacial score (nSPS) is 40.0. The molecule has 304 valence electrons. The van der Waals surface area contributed by atoms with Gasteiger partial charge in [0.2, 0.25) is 0 Å². The summed E-state index contributed by atoms with van der Waals surface area (Å²) in [5.74, 6) is 4.90. The second-order valence-corrected chi connectivity index (χ2v) is 22.5. The number of hydrogen-bond acceptors (Lipinski definition) is 0. The van der Waals surface area contributed by atoms with E-state index in [-0.39, 0.29) is 21.7 Å². The van der Waals surface area contributed by atoms with Crippen LogP contribution >= 0.6 is 0 Å². The summed E-state index contributed by atoms with van der Waals surface area (Å²) < 4.78 is 0. The monoisotopic (exact) mass is 800 g/mol. The van der Waals surface area contributed by atoms with E-state index in [1.54, 1.807) is 44.5 Å². The van der Waals surface area contributed by atoms with Crippen LogP contribution in [0.2, 0.25) is 0 Å². The first-order valence-corrected chi connectivity index (χ1v) is 24.4. The van der Waals surface area contributed by atoms with Gasteiger partial charge >= 0.3 is 0 Å². The molecule has 0 saturated heterocycles. The molecule has 0 heterocycles. The third-order valence-electron chi connectivity index (χ3n) is 19.0.